The highest BCUT2D eigenvalue weighted by Gasteiger charge is 1.99. The normalized spacial score (nSPS) is 11.3. The van der Waals surface area contributed by atoms with E-state index in [4.69, 9.17) is 5.73 Å². The number of rotatable bonds is 5. The lowest BCUT2D eigenvalue weighted by molar-refractivity contribution is 0.589. The number of sulfonamides is 1. The van der Waals surface area contributed by atoms with Crippen molar-refractivity contribution in [1.29, 1.82) is 0 Å². The maximum atomic E-state index is 10.7. The number of benzene rings is 1. The summed E-state index contributed by atoms with van der Waals surface area (Å²) in [5.74, 6) is 0. The number of hydrogen-bond donors (Lipinski definition) is 3. The molecule has 0 aliphatic carbocycles. The number of para-hydroxylation sites is 2. The first kappa shape index (κ1) is 11.8. The third-order valence-electron chi connectivity index (χ3n) is 1.77. The molecule has 0 heterocycles. The Bertz CT molecular complexity index is 417. The Hall–Kier alpha value is -1.27. The van der Waals surface area contributed by atoms with Gasteiger partial charge in [-0.15, -0.1) is 0 Å². The lowest BCUT2D eigenvalue weighted by Gasteiger charge is -2.08. The molecule has 0 unspecified atom stereocenters. The van der Waals surface area contributed by atoms with Crippen LogP contribution in [-0.4, -0.2) is 27.8 Å². The monoisotopic (exact) mass is 229 g/mol. The van der Waals surface area contributed by atoms with Crippen LogP contribution < -0.4 is 15.8 Å². The van der Waals surface area contributed by atoms with Crippen molar-refractivity contribution in [2.24, 2.45) is 0 Å². The topological polar surface area (TPSA) is 84.2 Å². The van der Waals surface area contributed by atoms with Gasteiger partial charge in [0, 0.05) is 13.1 Å². The summed E-state index contributed by atoms with van der Waals surface area (Å²) in [7, 11) is -3.11. The smallest absolute Gasteiger partial charge is 0.208 e. The first-order valence-corrected chi connectivity index (χ1v) is 6.41. The second-order valence-corrected chi connectivity index (χ2v) is 5.01. The molecule has 84 valence electrons. The molecule has 0 saturated heterocycles. The zero-order chi connectivity index (χ0) is 11.3. The molecule has 4 N–H and O–H groups in total. The second-order valence-electron chi connectivity index (χ2n) is 3.18. The van der Waals surface area contributed by atoms with E-state index < -0.39 is 10.0 Å². The van der Waals surface area contributed by atoms with Crippen molar-refractivity contribution in [3.8, 4) is 0 Å². The van der Waals surface area contributed by atoms with Crippen LogP contribution >= 0.6 is 0 Å². The molecule has 1 aromatic rings. The van der Waals surface area contributed by atoms with E-state index in [0.29, 0.717) is 18.8 Å². The molecule has 0 spiro atoms. The Balaban J connectivity index is 2.36. The number of nitrogens with one attached hydrogen (secondary N) is 2. The van der Waals surface area contributed by atoms with Gasteiger partial charge in [0.25, 0.3) is 0 Å². The van der Waals surface area contributed by atoms with Gasteiger partial charge in [0.1, 0.15) is 0 Å². The van der Waals surface area contributed by atoms with Crippen molar-refractivity contribution < 1.29 is 8.42 Å². The van der Waals surface area contributed by atoms with E-state index in [2.05, 4.69) is 10.0 Å². The van der Waals surface area contributed by atoms with Crippen LogP contribution in [0.1, 0.15) is 0 Å². The lowest BCUT2D eigenvalue weighted by Crippen LogP contribution is -2.27. The van der Waals surface area contributed by atoms with Crippen molar-refractivity contribution in [1.82, 2.24) is 4.72 Å². The molecule has 6 heteroatoms. The van der Waals surface area contributed by atoms with Crippen LogP contribution in [0.5, 0.6) is 0 Å². The van der Waals surface area contributed by atoms with E-state index in [0.717, 1.165) is 11.9 Å². The number of hydrogen-bond acceptors (Lipinski definition) is 4. The second kappa shape index (κ2) is 4.99. The third kappa shape index (κ3) is 4.66. The molecule has 0 aliphatic heterocycles. The fourth-order valence-electron chi connectivity index (χ4n) is 1.09. The Morgan fingerprint density at radius 1 is 1.27 bits per heavy atom. The van der Waals surface area contributed by atoms with Crippen molar-refractivity contribution in [3.63, 3.8) is 0 Å². The van der Waals surface area contributed by atoms with Crippen molar-refractivity contribution in [2.75, 3.05) is 30.4 Å². The summed E-state index contributed by atoms with van der Waals surface area (Å²) in [4.78, 5) is 0. The standard InChI is InChI=1S/C9H15N3O2S/c1-15(13,14)12-7-6-11-9-5-3-2-4-8(9)10/h2-5,11-12H,6-7,10H2,1H3. The minimum Gasteiger partial charge on any atom is -0.397 e. The number of anilines is 2. The quantitative estimate of drug-likeness (QED) is 0.498. The van der Waals surface area contributed by atoms with Crippen LogP contribution in [0.15, 0.2) is 24.3 Å². The lowest BCUT2D eigenvalue weighted by atomic mass is 10.3. The average Bonchev–Trinajstić information content (AvgIpc) is 2.13. The SMILES string of the molecule is CS(=O)(=O)NCCNc1ccccc1N. The van der Waals surface area contributed by atoms with Gasteiger partial charge in [-0.3, -0.25) is 0 Å². The van der Waals surface area contributed by atoms with Crippen LogP contribution in [0, 0.1) is 0 Å². The molecule has 0 atom stereocenters. The number of nitrogen functional groups attached to an aromatic ring is 1. The molecule has 0 aliphatic rings. The highest BCUT2D eigenvalue weighted by Crippen LogP contribution is 2.15. The minimum absolute atomic E-state index is 0.340. The maximum Gasteiger partial charge on any atom is 0.208 e. The summed E-state index contributed by atoms with van der Waals surface area (Å²) < 4.78 is 23.9. The minimum atomic E-state index is -3.11. The molecule has 0 amide bonds. The molecule has 0 saturated carbocycles. The van der Waals surface area contributed by atoms with Crippen LogP contribution in [0.3, 0.4) is 0 Å². The Labute approximate surface area is 89.7 Å². The predicted molar refractivity (Wildman–Crippen MR) is 62.2 cm³/mol. The van der Waals surface area contributed by atoms with Crippen LogP contribution in [0.25, 0.3) is 0 Å². The molecular formula is C9H15N3O2S. The van der Waals surface area contributed by atoms with Gasteiger partial charge in [-0.25, -0.2) is 13.1 Å². The van der Waals surface area contributed by atoms with Crippen LogP contribution in [-0.2, 0) is 10.0 Å². The molecule has 0 radical (unpaired) electrons. The Morgan fingerprint density at radius 2 is 1.93 bits per heavy atom. The van der Waals surface area contributed by atoms with Gasteiger partial charge in [0.15, 0.2) is 0 Å². The van der Waals surface area contributed by atoms with Gasteiger partial charge in [0.05, 0.1) is 17.6 Å². The largest absolute Gasteiger partial charge is 0.397 e. The van der Waals surface area contributed by atoms with Gasteiger partial charge in [-0.05, 0) is 12.1 Å². The van der Waals surface area contributed by atoms with E-state index >= 15 is 0 Å². The van der Waals surface area contributed by atoms with Crippen molar-refractivity contribution in [3.05, 3.63) is 24.3 Å². The van der Waals surface area contributed by atoms with E-state index in [1.54, 1.807) is 6.07 Å². The van der Waals surface area contributed by atoms with Gasteiger partial charge in [-0.1, -0.05) is 12.1 Å². The van der Waals surface area contributed by atoms with E-state index in [1.165, 1.54) is 0 Å². The Morgan fingerprint density at radius 3 is 2.53 bits per heavy atom. The Kier molecular flexibility index (Phi) is 3.93. The van der Waals surface area contributed by atoms with Crippen LogP contribution in [0.2, 0.25) is 0 Å². The zero-order valence-corrected chi connectivity index (χ0v) is 9.34. The fourth-order valence-corrected chi connectivity index (χ4v) is 1.56. The third-order valence-corrected chi connectivity index (χ3v) is 2.49. The maximum absolute atomic E-state index is 10.7. The average molecular weight is 229 g/mol. The first-order chi connectivity index (χ1) is 6.99. The first-order valence-electron chi connectivity index (χ1n) is 4.52. The molecule has 5 nitrogen and oxygen atoms in total. The fraction of sp³-hybridized carbons (Fsp3) is 0.333. The summed E-state index contributed by atoms with van der Waals surface area (Å²) in [5, 5.41) is 3.03. The molecular weight excluding hydrogens is 214 g/mol. The van der Waals surface area contributed by atoms with Gasteiger partial charge in [-0.2, -0.15) is 0 Å². The molecule has 0 bridgehead atoms. The molecule has 1 aromatic carbocycles. The van der Waals surface area contributed by atoms with E-state index in [-0.39, 0.29) is 0 Å². The highest BCUT2D eigenvalue weighted by atomic mass is 32.2. The summed E-state index contributed by atoms with van der Waals surface area (Å²) in [6, 6.07) is 7.33. The summed E-state index contributed by atoms with van der Waals surface area (Å²) >= 11 is 0. The summed E-state index contributed by atoms with van der Waals surface area (Å²) in [5.41, 5.74) is 7.15. The highest BCUT2D eigenvalue weighted by molar-refractivity contribution is 7.88. The summed E-state index contributed by atoms with van der Waals surface area (Å²) in [6.07, 6.45) is 1.13. The van der Waals surface area contributed by atoms with Gasteiger partial charge >= 0.3 is 0 Å². The van der Waals surface area contributed by atoms with E-state index in [9.17, 15) is 8.42 Å². The molecule has 0 aromatic heterocycles. The zero-order valence-electron chi connectivity index (χ0n) is 8.53. The van der Waals surface area contributed by atoms with E-state index in [1.807, 2.05) is 18.2 Å². The van der Waals surface area contributed by atoms with Crippen molar-refractivity contribution >= 4 is 21.4 Å². The molecule has 15 heavy (non-hydrogen) atoms. The molecule has 0 fully saturated rings. The van der Waals surface area contributed by atoms with Crippen LogP contribution in [0.4, 0.5) is 11.4 Å². The predicted octanol–water partition coefficient (Wildman–Crippen LogP) is 0.230. The molecule has 1 rings (SSSR count). The van der Waals surface area contributed by atoms with Gasteiger partial charge < -0.3 is 11.1 Å². The van der Waals surface area contributed by atoms with Gasteiger partial charge in [0.2, 0.25) is 10.0 Å². The van der Waals surface area contributed by atoms with Crippen molar-refractivity contribution in [2.45, 2.75) is 0 Å². The summed E-state index contributed by atoms with van der Waals surface area (Å²) in [6.45, 7) is 0.842. The number of nitrogens with two attached hydrogens (primary N) is 1.